The van der Waals surface area contributed by atoms with Crippen LogP contribution in [0.5, 0.6) is 0 Å². The second-order valence-electron chi connectivity index (χ2n) is 8.37. The van der Waals surface area contributed by atoms with Gasteiger partial charge in [-0.25, -0.2) is 0 Å². The summed E-state index contributed by atoms with van der Waals surface area (Å²) in [6.45, 7) is 3.47. The molecular weight excluding hydrogens is 448 g/mol. The van der Waals surface area contributed by atoms with Crippen molar-refractivity contribution in [3.63, 3.8) is 0 Å². The third-order valence-electron chi connectivity index (χ3n) is 6.01. The van der Waals surface area contributed by atoms with Crippen LogP contribution in [0.2, 0.25) is 5.02 Å². The Morgan fingerprint density at radius 1 is 0.912 bits per heavy atom. The van der Waals surface area contributed by atoms with Gasteiger partial charge in [0.1, 0.15) is 0 Å². The van der Waals surface area contributed by atoms with Crippen molar-refractivity contribution in [2.45, 2.75) is 6.42 Å². The second-order valence-corrected chi connectivity index (χ2v) is 8.81. The maximum atomic E-state index is 12.5. The van der Waals surface area contributed by atoms with Crippen LogP contribution >= 0.6 is 11.6 Å². The number of aromatic nitrogens is 3. The van der Waals surface area contributed by atoms with Crippen molar-refractivity contribution < 1.29 is 4.79 Å². The number of rotatable bonds is 6. The molecule has 0 bridgehead atoms. The molecule has 5 rings (SSSR count). The Labute approximate surface area is 203 Å². The van der Waals surface area contributed by atoms with Gasteiger partial charge in [-0.15, -0.1) is 5.10 Å². The third kappa shape index (κ3) is 5.16. The number of piperazine rings is 1. The molecule has 1 saturated heterocycles. The third-order valence-corrected chi connectivity index (χ3v) is 6.25. The van der Waals surface area contributed by atoms with E-state index in [0.29, 0.717) is 23.7 Å². The van der Waals surface area contributed by atoms with Gasteiger partial charge in [0.05, 0.1) is 12.2 Å². The predicted octanol–water partition coefficient (Wildman–Crippen LogP) is 4.03. The van der Waals surface area contributed by atoms with Crippen molar-refractivity contribution in [3.05, 3.63) is 89.3 Å². The summed E-state index contributed by atoms with van der Waals surface area (Å²) in [6, 6.07) is 19.5. The fraction of sp³-hybridized carbons (Fsp3) is 0.231. The number of pyridine rings is 1. The molecule has 172 valence electrons. The number of anilines is 2. The molecule has 7 nitrogen and oxygen atoms in total. The average Bonchev–Trinajstić information content (AvgIpc) is 2.85. The van der Waals surface area contributed by atoms with Crippen LogP contribution in [-0.4, -0.2) is 58.7 Å². The summed E-state index contributed by atoms with van der Waals surface area (Å²) in [6.07, 6.45) is 4.31. The van der Waals surface area contributed by atoms with Crippen molar-refractivity contribution >= 4 is 39.8 Å². The van der Waals surface area contributed by atoms with E-state index >= 15 is 0 Å². The van der Waals surface area contributed by atoms with Crippen LogP contribution in [0.3, 0.4) is 0 Å². The highest BCUT2D eigenvalue weighted by Crippen LogP contribution is 2.27. The zero-order chi connectivity index (χ0) is 23.3. The SMILES string of the molecule is O=C(CN1CCN(c2nnc(Cc3ccncc3)c3ccccc23)CC1)Nc1cccc(Cl)c1. The number of nitrogens with zero attached hydrogens (tertiary/aromatic N) is 5. The van der Waals surface area contributed by atoms with E-state index in [9.17, 15) is 4.79 Å². The number of hydrogen-bond donors (Lipinski definition) is 1. The van der Waals surface area contributed by atoms with Gasteiger partial charge in [0.15, 0.2) is 5.82 Å². The first kappa shape index (κ1) is 22.3. The Bertz CT molecular complexity index is 1290. The first-order valence-electron chi connectivity index (χ1n) is 11.3. The molecule has 0 unspecified atom stereocenters. The fourth-order valence-electron chi connectivity index (χ4n) is 4.29. The van der Waals surface area contributed by atoms with Crippen LogP contribution in [0.25, 0.3) is 10.8 Å². The Morgan fingerprint density at radius 2 is 1.68 bits per heavy atom. The Hall–Kier alpha value is -3.55. The molecule has 1 N–H and O–H groups in total. The maximum Gasteiger partial charge on any atom is 0.238 e. The number of nitrogens with one attached hydrogen (secondary N) is 1. The lowest BCUT2D eigenvalue weighted by Crippen LogP contribution is -2.49. The van der Waals surface area contributed by atoms with Crippen LogP contribution in [0, 0.1) is 0 Å². The zero-order valence-electron chi connectivity index (χ0n) is 18.7. The maximum absolute atomic E-state index is 12.5. The largest absolute Gasteiger partial charge is 0.352 e. The summed E-state index contributed by atoms with van der Waals surface area (Å²) >= 11 is 6.01. The predicted molar refractivity (Wildman–Crippen MR) is 135 cm³/mol. The number of carbonyl (C=O) groups is 1. The van der Waals surface area contributed by atoms with E-state index in [4.69, 9.17) is 11.6 Å². The number of carbonyl (C=O) groups excluding carboxylic acids is 1. The lowest BCUT2D eigenvalue weighted by Gasteiger charge is -2.35. The molecular formula is C26H25ClN6O. The van der Waals surface area contributed by atoms with Crippen molar-refractivity contribution in [3.8, 4) is 0 Å². The first-order valence-corrected chi connectivity index (χ1v) is 11.7. The van der Waals surface area contributed by atoms with E-state index in [1.165, 1.54) is 0 Å². The van der Waals surface area contributed by atoms with Crippen molar-refractivity contribution in [1.82, 2.24) is 20.1 Å². The molecule has 3 heterocycles. The Kier molecular flexibility index (Phi) is 6.65. The van der Waals surface area contributed by atoms with E-state index < -0.39 is 0 Å². The summed E-state index contributed by atoms with van der Waals surface area (Å²) in [4.78, 5) is 21.0. The summed E-state index contributed by atoms with van der Waals surface area (Å²) in [5.74, 6) is 0.860. The monoisotopic (exact) mass is 472 g/mol. The highest BCUT2D eigenvalue weighted by molar-refractivity contribution is 6.30. The summed E-state index contributed by atoms with van der Waals surface area (Å²) < 4.78 is 0. The minimum absolute atomic E-state index is 0.0403. The number of benzene rings is 2. The van der Waals surface area contributed by atoms with Gasteiger partial charge in [-0.2, -0.15) is 5.10 Å². The molecule has 1 aliphatic heterocycles. The molecule has 0 saturated carbocycles. The Morgan fingerprint density at radius 3 is 2.44 bits per heavy atom. The van der Waals surface area contributed by atoms with Crippen molar-refractivity contribution in [2.24, 2.45) is 0 Å². The zero-order valence-corrected chi connectivity index (χ0v) is 19.4. The molecule has 2 aromatic carbocycles. The van der Waals surface area contributed by atoms with Gasteiger partial charge in [-0.1, -0.05) is 41.9 Å². The molecule has 2 aromatic heterocycles. The van der Waals surface area contributed by atoms with Crippen LogP contribution in [0.15, 0.2) is 73.1 Å². The molecule has 1 aliphatic rings. The van der Waals surface area contributed by atoms with Crippen LogP contribution in [0.4, 0.5) is 11.5 Å². The summed E-state index contributed by atoms with van der Waals surface area (Å²) in [5.41, 5.74) is 2.83. The van der Waals surface area contributed by atoms with Gasteiger partial charge in [-0.05, 0) is 35.9 Å². The van der Waals surface area contributed by atoms with Crippen molar-refractivity contribution in [1.29, 1.82) is 0 Å². The highest BCUT2D eigenvalue weighted by atomic mass is 35.5. The molecule has 0 aliphatic carbocycles. The smallest absolute Gasteiger partial charge is 0.238 e. The van der Waals surface area contributed by atoms with E-state index in [2.05, 4.69) is 42.4 Å². The van der Waals surface area contributed by atoms with E-state index in [1.807, 2.05) is 36.4 Å². The fourth-order valence-corrected chi connectivity index (χ4v) is 4.48. The second kappa shape index (κ2) is 10.2. The normalized spacial score (nSPS) is 14.3. The van der Waals surface area contributed by atoms with E-state index in [1.54, 1.807) is 24.5 Å². The summed E-state index contributed by atoms with van der Waals surface area (Å²) in [7, 11) is 0. The van der Waals surface area contributed by atoms with Gasteiger partial charge in [0, 0.05) is 66.5 Å². The van der Waals surface area contributed by atoms with Crippen LogP contribution in [-0.2, 0) is 11.2 Å². The Balaban J connectivity index is 1.25. The average molecular weight is 473 g/mol. The van der Waals surface area contributed by atoms with Gasteiger partial charge in [0.25, 0.3) is 0 Å². The van der Waals surface area contributed by atoms with Gasteiger partial charge < -0.3 is 10.2 Å². The van der Waals surface area contributed by atoms with Gasteiger partial charge >= 0.3 is 0 Å². The number of halogens is 1. The topological polar surface area (TPSA) is 74.2 Å². The molecule has 1 fully saturated rings. The minimum Gasteiger partial charge on any atom is -0.352 e. The van der Waals surface area contributed by atoms with E-state index in [-0.39, 0.29) is 5.91 Å². The van der Waals surface area contributed by atoms with Crippen LogP contribution < -0.4 is 10.2 Å². The quantitative estimate of drug-likeness (QED) is 0.456. The molecule has 34 heavy (non-hydrogen) atoms. The molecule has 4 aromatic rings. The minimum atomic E-state index is -0.0403. The number of hydrogen-bond acceptors (Lipinski definition) is 6. The van der Waals surface area contributed by atoms with Gasteiger partial charge in [0.2, 0.25) is 5.91 Å². The lowest BCUT2D eigenvalue weighted by molar-refractivity contribution is -0.117. The molecule has 8 heteroatoms. The van der Waals surface area contributed by atoms with Crippen molar-refractivity contribution in [2.75, 3.05) is 42.9 Å². The first-order chi connectivity index (χ1) is 16.7. The highest BCUT2D eigenvalue weighted by Gasteiger charge is 2.22. The molecule has 0 spiro atoms. The number of amides is 1. The molecule has 0 atom stereocenters. The van der Waals surface area contributed by atoms with Crippen LogP contribution in [0.1, 0.15) is 11.3 Å². The number of fused-ring (bicyclic) bond motifs is 1. The molecule has 1 amide bonds. The summed E-state index contributed by atoms with van der Waals surface area (Å²) in [5, 5.41) is 15.0. The molecule has 0 radical (unpaired) electrons. The lowest BCUT2D eigenvalue weighted by atomic mass is 10.0. The van der Waals surface area contributed by atoms with Gasteiger partial charge in [-0.3, -0.25) is 14.7 Å². The van der Waals surface area contributed by atoms with E-state index in [0.717, 1.165) is 54.0 Å². The standard InChI is InChI=1S/C26H25ClN6O/c27-20-4-3-5-21(17-20)29-25(34)18-32-12-14-33(15-13-32)26-23-7-2-1-6-22(23)24(30-31-26)16-19-8-10-28-11-9-19/h1-11,17H,12-16,18H2,(H,29,34).